The molecule has 2 aromatic heterocycles. The molecular weight excluding hydrogens is 230 g/mol. The number of hydrogen-bond donors (Lipinski definition) is 3. The molecule has 2 rings (SSSR count). The molecule has 0 saturated carbocycles. The van der Waals surface area contributed by atoms with Crippen LogP contribution in [0.5, 0.6) is 0 Å². The number of thiazole rings is 1. The first-order chi connectivity index (χ1) is 7.65. The molecule has 3 N–H and O–H groups in total. The van der Waals surface area contributed by atoms with Crippen LogP contribution < -0.4 is 16.6 Å². The van der Waals surface area contributed by atoms with Crippen molar-refractivity contribution in [3.8, 4) is 0 Å². The van der Waals surface area contributed by atoms with Crippen molar-refractivity contribution in [2.75, 3.05) is 5.32 Å². The smallest absolute Gasteiger partial charge is 0.342 e. The second-order valence-corrected chi connectivity index (χ2v) is 4.13. The van der Waals surface area contributed by atoms with Crippen molar-refractivity contribution in [3.63, 3.8) is 0 Å². The topological polar surface area (TPSA) is 104 Å². The predicted molar refractivity (Wildman–Crippen MR) is 59.7 cm³/mol. The second kappa shape index (κ2) is 4.27. The number of nitrogens with zero attached hydrogens (tertiary/aromatic N) is 2. The van der Waals surface area contributed by atoms with Gasteiger partial charge in [0.2, 0.25) is 5.82 Å². The highest BCUT2D eigenvalue weighted by Crippen LogP contribution is 2.08. The Hall–Kier alpha value is -1.96. The molecule has 0 fully saturated rings. The van der Waals surface area contributed by atoms with Gasteiger partial charge in [-0.3, -0.25) is 9.78 Å². The lowest BCUT2D eigenvalue weighted by Crippen LogP contribution is -2.26. The van der Waals surface area contributed by atoms with Crippen LogP contribution >= 0.6 is 11.3 Å². The molecule has 0 radical (unpaired) electrons. The molecule has 0 aliphatic carbocycles. The highest BCUT2D eigenvalue weighted by Gasteiger charge is 2.03. The van der Waals surface area contributed by atoms with Crippen molar-refractivity contribution >= 4 is 17.2 Å². The summed E-state index contributed by atoms with van der Waals surface area (Å²) in [6.07, 6.45) is 0. The molecule has 0 bridgehead atoms. The molecular formula is C8H9N5O2S. The Labute approximate surface area is 93.6 Å². The quantitative estimate of drug-likeness (QED) is 0.690. The molecule has 2 heterocycles. The largest absolute Gasteiger partial charge is 0.358 e. The van der Waals surface area contributed by atoms with Crippen LogP contribution in [0.1, 0.15) is 10.7 Å². The van der Waals surface area contributed by atoms with Gasteiger partial charge in [0, 0.05) is 5.38 Å². The van der Waals surface area contributed by atoms with Crippen LogP contribution in [-0.2, 0) is 6.54 Å². The van der Waals surface area contributed by atoms with E-state index in [1.165, 1.54) is 11.3 Å². The lowest BCUT2D eigenvalue weighted by Gasteiger charge is -2.00. The summed E-state index contributed by atoms with van der Waals surface area (Å²) in [7, 11) is 0. The number of aromatic amines is 2. The summed E-state index contributed by atoms with van der Waals surface area (Å²) in [6, 6.07) is 0. The number of aromatic nitrogens is 4. The van der Waals surface area contributed by atoms with Crippen LogP contribution in [0, 0.1) is 6.92 Å². The van der Waals surface area contributed by atoms with E-state index < -0.39 is 11.2 Å². The molecule has 0 aromatic carbocycles. The Morgan fingerprint density at radius 1 is 1.50 bits per heavy atom. The summed E-state index contributed by atoms with van der Waals surface area (Å²) in [5, 5.41) is 11.4. The highest BCUT2D eigenvalue weighted by atomic mass is 32.1. The maximum atomic E-state index is 11.2. The average Bonchev–Trinajstić information content (AvgIpc) is 2.63. The van der Waals surface area contributed by atoms with Gasteiger partial charge in [0.25, 0.3) is 5.56 Å². The van der Waals surface area contributed by atoms with Crippen molar-refractivity contribution < 1.29 is 0 Å². The Balaban J connectivity index is 2.10. The first kappa shape index (κ1) is 10.6. The summed E-state index contributed by atoms with van der Waals surface area (Å²) >= 11 is 1.53. The number of hydrogen-bond acceptors (Lipinski definition) is 6. The molecule has 7 nitrogen and oxygen atoms in total. The third-order valence-electron chi connectivity index (χ3n) is 1.81. The lowest BCUT2D eigenvalue weighted by atomic mass is 10.5. The monoisotopic (exact) mass is 239 g/mol. The normalized spacial score (nSPS) is 10.3. The Kier molecular flexibility index (Phi) is 2.82. The predicted octanol–water partition coefficient (Wildman–Crippen LogP) is -0.165. The number of rotatable bonds is 3. The molecule has 8 heteroatoms. The van der Waals surface area contributed by atoms with Gasteiger partial charge < -0.3 is 5.32 Å². The van der Waals surface area contributed by atoms with Gasteiger partial charge in [-0.15, -0.1) is 16.4 Å². The van der Waals surface area contributed by atoms with Gasteiger partial charge in [0.05, 0.1) is 17.2 Å². The summed E-state index contributed by atoms with van der Waals surface area (Å²) in [6.45, 7) is 2.30. The third-order valence-corrected chi connectivity index (χ3v) is 2.64. The molecule has 0 unspecified atom stereocenters. The average molecular weight is 239 g/mol. The van der Waals surface area contributed by atoms with E-state index in [1.807, 2.05) is 12.3 Å². The minimum Gasteiger partial charge on any atom is -0.358 e. The van der Waals surface area contributed by atoms with E-state index in [0.29, 0.717) is 6.54 Å². The summed E-state index contributed by atoms with van der Waals surface area (Å²) in [5.74, 6) is 0.0743. The van der Waals surface area contributed by atoms with Crippen LogP contribution in [0.25, 0.3) is 0 Å². The summed E-state index contributed by atoms with van der Waals surface area (Å²) in [4.78, 5) is 28.2. The Bertz CT molecular complexity index is 599. The molecule has 2 aromatic rings. The zero-order valence-electron chi connectivity index (χ0n) is 8.40. The number of aryl methyl sites for hydroxylation is 1. The van der Waals surface area contributed by atoms with Gasteiger partial charge in [-0.2, -0.15) is 0 Å². The highest BCUT2D eigenvalue weighted by molar-refractivity contribution is 7.09. The van der Waals surface area contributed by atoms with Crippen molar-refractivity contribution in [1.82, 2.24) is 20.2 Å². The SMILES string of the molecule is Cc1nc(CNc2n[nH]c(=O)[nH]c2=O)cs1. The van der Waals surface area contributed by atoms with E-state index in [1.54, 1.807) is 0 Å². The first-order valence-electron chi connectivity index (χ1n) is 4.49. The van der Waals surface area contributed by atoms with Gasteiger partial charge in [0.1, 0.15) is 0 Å². The van der Waals surface area contributed by atoms with Gasteiger partial charge in [0.15, 0.2) is 0 Å². The van der Waals surface area contributed by atoms with E-state index >= 15 is 0 Å². The fraction of sp³-hybridized carbons (Fsp3) is 0.250. The van der Waals surface area contributed by atoms with E-state index in [2.05, 4.69) is 25.5 Å². The maximum Gasteiger partial charge on any atom is 0.342 e. The van der Waals surface area contributed by atoms with Crippen molar-refractivity contribution in [1.29, 1.82) is 0 Å². The number of anilines is 1. The minimum absolute atomic E-state index is 0.0743. The van der Waals surface area contributed by atoms with Crippen molar-refractivity contribution in [2.24, 2.45) is 0 Å². The van der Waals surface area contributed by atoms with E-state index in [9.17, 15) is 9.59 Å². The van der Waals surface area contributed by atoms with Gasteiger partial charge in [-0.25, -0.2) is 14.9 Å². The molecule has 84 valence electrons. The zero-order chi connectivity index (χ0) is 11.5. The van der Waals surface area contributed by atoms with Crippen LogP contribution in [-0.4, -0.2) is 20.2 Å². The Morgan fingerprint density at radius 2 is 2.31 bits per heavy atom. The molecule has 0 saturated heterocycles. The Morgan fingerprint density at radius 3 is 2.94 bits per heavy atom. The molecule has 0 aliphatic rings. The van der Waals surface area contributed by atoms with E-state index in [0.717, 1.165) is 10.7 Å². The van der Waals surface area contributed by atoms with Crippen LogP contribution in [0.4, 0.5) is 5.82 Å². The maximum absolute atomic E-state index is 11.2. The van der Waals surface area contributed by atoms with Crippen molar-refractivity contribution in [2.45, 2.75) is 13.5 Å². The third kappa shape index (κ3) is 2.34. The number of nitrogens with one attached hydrogen (secondary N) is 3. The van der Waals surface area contributed by atoms with E-state index in [4.69, 9.17) is 0 Å². The standard InChI is InChI=1S/C8H9N5O2S/c1-4-10-5(3-16-4)2-9-6-7(14)11-8(15)13-12-6/h3H,2H2,1H3,(H,9,12)(H2,11,13,14,15). The van der Waals surface area contributed by atoms with Crippen LogP contribution in [0.2, 0.25) is 0 Å². The molecule has 0 spiro atoms. The van der Waals surface area contributed by atoms with Gasteiger partial charge in [-0.1, -0.05) is 0 Å². The second-order valence-electron chi connectivity index (χ2n) is 3.07. The molecule has 0 amide bonds. The molecule has 0 aliphatic heterocycles. The molecule has 16 heavy (non-hydrogen) atoms. The van der Waals surface area contributed by atoms with Crippen molar-refractivity contribution in [3.05, 3.63) is 36.9 Å². The first-order valence-corrected chi connectivity index (χ1v) is 5.37. The fourth-order valence-electron chi connectivity index (χ4n) is 1.13. The zero-order valence-corrected chi connectivity index (χ0v) is 9.22. The van der Waals surface area contributed by atoms with Gasteiger partial charge in [-0.05, 0) is 6.92 Å². The summed E-state index contributed by atoms with van der Waals surface area (Å²) in [5.41, 5.74) is -0.342. The summed E-state index contributed by atoms with van der Waals surface area (Å²) < 4.78 is 0. The molecule has 0 atom stereocenters. The lowest BCUT2D eigenvalue weighted by molar-refractivity contribution is 0.879. The van der Waals surface area contributed by atoms with E-state index in [-0.39, 0.29) is 5.82 Å². The van der Waals surface area contributed by atoms with Crippen LogP contribution in [0.3, 0.4) is 0 Å². The van der Waals surface area contributed by atoms with Crippen LogP contribution in [0.15, 0.2) is 15.0 Å². The number of H-pyrrole nitrogens is 2. The minimum atomic E-state index is -0.625. The fourth-order valence-corrected chi connectivity index (χ4v) is 1.74. The van der Waals surface area contributed by atoms with Gasteiger partial charge >= 0.3 is 5.69 Å².